The molecular formula is C28H25NO. The fraction of sp³-hybridized carbons (Fsp3) is 0.107. The lowest BCUT2D eigenvalue weighted by Crippen LogP contribution is -2.26. The van der Waals surface area contributed by atoms with Crippen LogP contribution in [0.5, 0.6) is 0 Å². The van der Waals surface area contributed by atoms with Crippen molar-refractivity contribution in [2.75, 3.05) is 0 Å². The van der Waals surface area contributed by atoms with Crippen LogP contribution in [-0.4, -0.2) is 5.91 Å². The number of nitrogens with one attached hydrogen (secondary N) is 1. The van der Waals surface area contributed by atoms with Gasteiger partial charge in [-0.05, 0) is 53.8 Å². The quantitative estimate of drug-likeness (QED) is 0.397. The van der Waals surface area contributed by atoms with Crippen molar-refractivity contribution in [2.24, 2.45) is 0 Å². The molecule has 0 aliphatic carbocycles. The monoisotopic (exact) mass is 391 g/mol. The van der Waals surface area contributed by atoms with Gasteiger partial charge in [-0.1, -0.05) is 96.6 Å². The minimum Gasteiger partial charge on any atom is -0.346 e. The van der Waals surface area contributed by atoms with Crippen LogP contribution in [0.2, 0.25) is 0 Å². The van der Waals surface area contributed by atoms with Crippen LogP contribution in [0.15, 0.2) is 103 Å². The summed E-state index contributed by atoms with van der Waals surface area (Å²) in [5.74, 6) is -0.0493. The van der Waals surface area contributed by atoms with Gasteiger partial charge in [0, 0.05) is 5.56 Å². The Labute approximate surface area is 178 Å². The van der Waals surface area contributed by atoms with Gasteiger partial charge in [-0.3, -0.25) is 4.79 Å². The predicted octanol–water partition coefficient (Wildman–Crippen LogP) is 6.82. The van der Waals surface area contributed by atoms with E-state index in [-0.39, 0.29) is 11.9 Å². The highest BCUT2D eigenvalue weighted by Gasteiger charge is 2.12. The van der Waals surface area contributed by atoms with E-state index in [0.29, 0.717) is 5.56 Å². The molecule has 0 bridgehead atoms. The van der Waals surface area contributed by atoms with Crippen molar-refractivity contribution in [1.82, 2.24) is 5.32 Å². The largest absolute Gasteiger partial charge is 0.346 e. The van der Waals surface area contributed by atoms with Crippen LogP contribution < -0.4 is 5.32 Å². The van der Waals surface area contributed by atoms with Crippen molar-refractivity contribution >= 4 is 5.91 Å². The lowest BCUT2D eigenvalue weighted by molar-refractivity contribution is 0.0940. The lowest BCUT2D eigenvalue weighted by atomic mass is 9.98. The summed E-state index contributed by atoms with van der Waals surface area (Å²) < 4.78 is 0. The van der Waals surface area contributed by atoms with E-state index in [1.165, 1.54) is 16.7 Å². The van der Waals surface area contributed by atoms with E-state index in [4.69, 9.17) is 0 Å². The van der Waals surface area contributed by atoms with Gasteiger partial charge in [-0.25, -0.2) is 0 Å². The molecule has 0 aliphatic rings. The van der Waals surface area contributed by atoms with E-state index in [9.17, 15) is 4.79 Å². The van der Waals surface area contributed by atoms with Gasteiger partial charge >= 0.3 is 0 Å². The molecule has 0 aliphatic heterocycles. The molecule has 0 aromatic heterocycles. The summed E-state index contributed by atoms with van der Waals surface area (Å²) in [5, 5.41) is 3.09. The summed E-state index contributed by atoms with van der Waals surface area (Å²) in [6.45, 7) is 4.00. The van der Waals surface area contributed by atoms with E-state index in [2.05, 4.69) is 78.1 Å². The van der Waals surface area contributed by atoms with E-state index in [1.807, 2.05) is 44.2 Å². The molecule has 0 fully saturated rings. The molecule has 0 saturated carbocycles. The molecule has 148 valence electrons. The molecule has 4 rings (SSSR count). The molecule has 1 atom stereocenters. The Hall–Kier alpha value is -3.65. The van der Waals surface area contributed by atoms with E-state index < -0.39 is 0 Å². The maximum Gasteiger partial charge on any atom is 0.251 e. The molecule has 4 aromatic carbocycles. The van der Waals surface area contributed by atoms with Crippen LogP contribution in [0.4, 0.5) is 0 Å². The van der Waals surface area contributed by atoms with Gasteiger partial charge in [-0.15, -0.1) is 0 Å². The summed E-state index contributed by atoms with van der Waals surface area (Å²) in [6, 6.07) is 35.0. The van der Waals surface area contributed by atoms with E-state index >= 15 is 0 Å². The minimum absolute atomic E-state index is 0.0493. The van der Waals surface area contributed by atoms with Crippen molar-refractivity contribution in [3.8, 4) is 22.3 Å². The second-order valence-electron chi connectivity index (χ2n) is 7.63. The molecule has 0 heterocycles. The molecule has 2 heteroatoms. The number of hydrogen-bond acceptors (Lipinski definition) is 1. The third kappa shape index (κ3) is 4.49. The van der Waals surface area contributed by atoms with Crippen molar-refractivity contribution in [3.63, 3.8) is 0 Å². The Kier molecular flexibility index (Phi) is 5.76. The van der Waals surface area contributed by atoms with Crippen LogP contribution in [-0.2, 0) is 0 Å². The molecule has 0 radical (unpaired) electrons. The molecule has 0 spiro atoms. The zero-order valence-electron chi connectivity index (χ0n) is 17.3. The highest BCUT2D eigenvalue weighted by molar-refractivity contribution is 5.94. The van der Waals surface area contributed by atoms with Gasteiger partial charge < -0.3 is 5.32 Å². The van der Waals surface area contributed by atoms with Gasteiger partial charge in [-0.2, -0.15) is 0 Å². The Bertz CT molecular complexity index is 1130. The van der Waals surface area contributed by atoms with Gasteiger partial charge in [0.2, 0.25) is 0 Å². The zero-order valence-corrected chi connectivity index (χ0v) is 17.3. The molecular weight excluding hydrogens is 366 g/mol. The summed E-state index contributed by atoms with van der Waals surface area (Å²) in [5.41, 5.74) is 7.63. The highest BCUT2D eigenvalue weighted by atomic mass is 16.1. The summed E-state index contributed by atoms with van der Waals surface area (Å²) >= 11 is 0. The Morgan fingerprint density at radius 1 is 0.667 bits per heavy atom. The standard InChI is InChI=1S/C28H25NO/c1-20-7-6-10-27(19-20)28(30)29-21(2)22-11-13-25(14-12-22)26-17-15-24(16-18-26)23-8-4-3-5-9-23/h3-19,21H,1-2H3,(H,29,30)/t21-/m1/s1. The van der Waals surface area contributed by atoms with Crippen molar-refractivity contribution in [1.29, 1.82) is 0 Å². The van der Waals surface area contributed by atoms with Gasteiger partial charge in [0.15, 0.2) is 0 Å². The topological polar surface area (TPSA) is 29.1 Å². The number of aryl methyl sites for hydroxylation is 1. The van der Waals surface area contributed by atoms with Crippen molar-refractivity contribution in [2.45, 2.75) is 19.9 Å². The fourth-order valence-corrected chi connectivity index (χ4v) is 3.60. The number of amides is 1. The van der Waals surface area contributed by atoms with Crippen molar-refractivity contribution < 1.29 is 4.79 Å². The number of rotatable bonds is 5. The van der Waals surface area contributed by atoms with Crippen LogP contribution in [0.25, 0.3) is 22.3 Å². The van der Waals surface area contributed by atoms with E-state index in [0.717, 1.165) is 16.7 Å². The molecule has 1 N–H and O–H groups in total. The Morgan fingerprint density at radius 2 is 1.20 bits per heavy atom. The summed E-state index contributed by atoms with van der Waals surface area (Å²) in [6.07, 6.45) is 0. The number of carbonyl (C=O) groups is 1. The van der Waals surface area contributed by atoms with Crippen LogP contribution in [0.1, 0.15) is 34.5 Å². The average Bonchev–Trinajstić information content (AvgIpc) is 2.80. The molecule has 0 saturated heterocycles. The van der Waals surface area contributed by atoms with Crippen LogP contribution in [0, 0.1) is 6.92 Å². The maximum atomic E-state index is 12.5. The van der Waals surface area contributed by atoms with Gasteiger partial charge in [0.1, 0.15) is 0 Å². The molecule has 2 nitrogen and oxygen atoms in total. The normalized spacial score (nSPS) is 11.7. The third-order valence-electron chi connectivity index (χ3n) is 5.36. The summed E-state index contributed by atoms with van der Waals surface area (Å²) in [7, 11) is 0. The number of benzene rings is 4. The lowest BCUT2D eigenvalue weighted by Gasteiger charge is -2.15. The van der Waals surface area contributed by atoms with E-state index in [1.54, 1.807) is 0 Å². The molecule has 0 unspecified atom stereocenters. The predicted molar refractivity (Wildman–Crippen MR) is 124 cm³/mol. The third-order valence-corrected chi connectivity index (χ3v) is 5.36. The maximum absolute atomic E-state index is 12.5. The minimum atomic E-state index is -0.0625. The smallest absolute Gasteiger partial charge is 0.251 e. The SMILES string of the molecule is Cc1cccc(C(=O)N[C@H](C)c2ccc(-c3ccc(-c4ccccc4)cc3)cc2)c1. The first-order valence-corrected chi connectivity index (χ1v) is 10.2. The van der Waals surface area contributed by atoms with Crippen LogP contribution in [0.3, 0.4) is 0 Å². The highest BCUT2D eigenvalue weighted by Crippen LogP contribution is 2.26. The Morgan fingerprint density at radius 3 is 1.77 bits per heavy atom. The fourth-order valence-electron chi connectivity index (χ4n) is 3.60. The van der Waals surface area contributed by atoms with Gasteiger partial charge in [0.25, 0.3) is 5.91 Å². The molecule has 1 amide bonds. The Balaban J connectivity index is 1.45. The molecule has 4 aromatic rings. The first-order valence-electron chi connectivity index (χ1n) is 10.2. The summed E-state index contributed by atoms with van der Waals surface area (Å²) in [4.78, 5) is 12.5. The molecule has 30 heavy (non-hydrogen) atoms. The van der Waals surface area contributed by atoms with Gasteiger partial charge in [0.05, 0.1) is 6.04 Å². The van der Waals surface area contributed by atoms with Crippen molar-refractivity contribution in [3.05, 3.63) is 120 Å². The first kappa shape index (κ1) is 19.7. The average molecular weight is 392 g/mol. The number of carbonyl (C=O) groups excluding carboxylic acids is 1. The number of hydrogen-bond donors (Lipinski definition) is 1. The second kappa shape index (κ2) is 8.79. The first-order chi connectivity index (χ1) is 14.6. The second-order valence-corrected chi connectivity index (χ2v) is 7.63. The van der Waals surface area contributed by atoms with Crippen LogP contribution >= 0.6 is 0 Å². The zero-order chi connectivity index (χ0) is 20.9.